The highest BCUT2D eigenvalue weighted by Crippen LogP contribution is 2.41. The van der Waals surface area contributed by atoms with Crippen molar-refractivity contribution in [2.45, 2.75) is 192 Å². The molecule has 0 amide bonds. The van der Waals surface area contributed by atoms with Crippen LogP contribution in [0.4, 0.5) is 0 Å². The molecule has 340 valence electrons. The maximum atomic E-state index is 12.8. The van der Waals surface area contributed by atoms with Crippen molar-refractivity contribution >= 4 is 5.71 Å². The molecule has 0 bridgehead atoms. The van der Waals surface area contributed by atoms with Crippen LogP contribution in [0, 0.1) is 23.7 Å². The highest BCUT2D eigenvalue weighted by atomic mass is 16.7. The van der Waals surface area contributed by atoms with Crippen molar-refractivity contribution in [2.75, 3.05) is 21.3 Å². The Morgan fingerprint density at radius 1 is 0.915 bits per heavy atom. The molecule has 59 heavy (non-hydrogen) atoms. The highest BCUT2D eigenvalue weighted by molar-refractivity contribution is 5.88. The van der Waals surface area contributed by atoms with Gasteiger partial charge in [-0.1, -0.05) is 45.8 Å². The van der Waals surface area contributed by atoms with Gasteiger partial charge in [0.1, 0.15) is 24.9 Å². The molecular formula is C43H75N3O13. The Hall–Kier alpha value is -1.90. The lowest BCUT2D eigenvalue weighted by Crippen LogP contribution is -2.61. The van der Waals surface area contributed by atoms with E-state index in [1.807, 2.05) is 44.9 Å². The summed E-state index contributed by atoms with van der Waals surface area (Å²) >= 11 is 0. The minimum absolute atomic E-state index is 0.0222. The minimum atomic E-state index is -1.87. The van der Waals surface area contributed by atoms with E-state index < -0.39 is 102 Å². The summed E-state index contributed by atoms with van der Waals surface area (Å²) in [4.78, 5) is 11.5. The second kappa shape index (κ2) is 20.5. The first-order valence-electron chi connectivity index (χ1n) is 21.2. The molecule has 3 aliphatic heterocycles. The van der Waals surface area contributed by atoms with Crippen molar-refractivity contribution in [2.24, 2.45) is 28.8 Å². The Balaban J connectivity index is 1.83. The van der Waals surface area contributed by atoms with Crippen molar-refractivity contribution < 1.29 is 63.9 Å². The third-order valence-electron chi connectivity index (χ3n) is 13.3. The normalized spacial score (nSPS) is 46.5. The maximum Gasteiger partial charge on any atom is 0.185 e. The lowest BCUT2D eigenvalue weighted by atomic mass is 9.73. The molecule has 19 atom stereocenters. The molecule has 3 saturated heterocycles. The number of aliphatic hydroxyl groups excluding tert-OH is 4. The predicted molar refractivity (Wildman–Crippen MR) is 219 cm³/mol. The average molecular weight is 842 g/mol. The van der Waals surface area contributed by atoms with E-state index in [0.29, 0.717) is 18.7 Å². The van der Waals surface area contributed by atoms with Gasteiger partial charge >= 0.3 is 0 Å². The summed E-state index contributed by atoms with van der Waals surface area (Å²) in [6, 6.07) is 3.45. The summed E-state index contributed by atoms with van der Waals surface area (Å²) in [7, 11) is 4.82. The third-order valence-corrected chi connectivity index (χ3v) is 13.3. The van der Waals surface area contributed by atoms with E-state index >= 15 is 0 Å². The molecule has 0 spiro atoms. The van der Waals surface area contributed by atoms with Gasteiger partial charge in [-0.15, -0.1) is 0 Å². The first kappa shape index (κ1) is 49.8. The van der Waals surface area contributed by atoms with Crippen LogP contribution in [-0.4, -0.2) is 158 Å². The number of rotatable bonds is 10. The van der Waals surface area contributed by atoms with Crippen molar-refractivity contribution in [3.63, 3.8) is 0 Å². The largest absolute Gasteiger partial charge is 0.399 e. The van der Waals surface area contributed by atoms with E-state index in [1.54, 1.807) is 53.9 Å². The van der Waals surface area contributed by atoms with E-state index in [1.165, 1.54) is 21.1 Å². The molecule has 1 aromatic rings. The Morgan fingerprint density at radius 2 is 1.59 bits per heavy atom. The fourth-order valence-electron chi connectivity index (χ4n) is 9.65. The van der Waals surface area contributed by atoms with Crippen molar-refractivity contribution in [1.82, 2.24) is 9.88 Å². The van der Waals surface area contributed by atoms with E-state index in [9.17, 15) is 30.6 Å². The lowest BCUT2D eigenvalue weighted by Gasteiger charge is -2.50. The molecule has 0 radical (unpaired) electrons. The number of aliphatic hydroxyl groups is 6. The molecular weight excluding hydrogens is 766 g/mol. The van der Waals surface area contributed by atoms with E-state index in [2.05, 4.69) is 10.1 Å². The van der Waals surface area contributed by atoms with Gasteiger partial charge in [-0.05, 0) is 72.6 Å². The lowest BCUT2D eigenvalue weighted by molar-refractivity contribution is -0.327. The number of hydrogen-bond donors (Lipinski definition) is 6. The Morgan fingerprint density at radius 3 is 2.19 bits per heavy atom. The Labute approximate surface area is 351 Å². The SMILES string of the molecule is CC[C@H]1O[C@H](O)[C@H](C)[C@@H](OC2CC(C)(OC)C(O)C(C)O2)[C@H](C)[C@@H](OC2OC(C)CC(N(C)Cc3cccnc3)C2O)[C@](C)(O)C[C@@H](C)/C(=N\OC)[C@H](C)[C@@H](O)[C@]1(C)O. The highest BCUT2D eigenvalue weighted by Gasteiger charge is 2.53. The Bertz CT molecular complexity index is 1470. The first-order chi connectivity index (χ1) is 27.5. The molecule has 4 heterocycles. The molecule has 16 heteroatoms. The van der Waals surface area contributed by atoms with Crippen LogP contribution in [0.3, 0.4) is 0 Å². The van der Waals surface area contributed by atoms with Gasteiger partial charge < -0.3 is 63.9 Å². The Kier molecular flexibility index (Phi) is 17.3. The van der Waals surface area contributed by atoms with Crippen molar-refractivity contribution in [3.05, 3.63) is 30.1 Å². The molecule has 6 N–H and O–H groups in total. The zero-order valence-electron chi connectivity index (χ0n) is 37.5. The van der Waals surface area contributed by atoms with Crippen LogP contribution in [0.5, 0.6) is 0 Å². The predicted octanol–water partition coefficient (Wildman–Crippen LogP) is 2.98. The number of aromatic nitrogens is 1. The van der Waals surface area contributed by atoms with Gasteiger partial charge in [-0.2, -0.15) is 0 Å². The zero-order valence-corrected chi connectivity index (χ0v) is 37.5. The second-order valence-electron chi connectivity index (χ2n) is 18.2. The van der Waals surface area contributed by atoms with Crippen molar-refractivity contribution in [1.29, 1.82) is 0 Å². The molecule has 1 aromatic heterocycles. The van der Waals surface area contributed by atoms with Crippen LogP contribution in [0.15, 0.2) is 29.7 Å². The number of nitrogens with zero attached hydrogens (tertiary/aromatic N) is 3. The summed E-state index contributed by atoms with van der Waals surface area (Å²) in [5.41, 5.74) is -3.27. The summed E-state index contributed by atoms with van der Waals surface area (Å²) in [6.45, 7) is 17.9. The second-order valence-corrected chi connectivity index (χ2v) is 18.2. The summed E-state index contributed by atoms with van der Waals surface area (Å²) in [5.74, 6) is -2.98. The standard InChI is InChI=1S/C43H75N3O13/c1-14-31-43(10,52)36(48)25(4)33(45-54-13)23(2)19-41(8,51)38(59-40-34(47)30(18-24(3)55-40)46(11)22-29-16-15-17-44-21-29)26(5)35(27(6)39(50)57-31)58-32-20-42(9,53-12)37(49)28(7)56-32/h15-17,21,23-28,30-32,34-40,47-52H,14,18-20,22H2,1-13H3/b45-33+/t23-,24?,25+,26+,27-,28?,30?,31-,32?,34?,35+,36-,37?,38-,39+,40?,41-,42?,43-/m1/s1. The molecule has 0 aliphatic carbocycles. The number of oxime groups is 1. The summed E-state index contributed by atoms with van der Waals surface area (Å²) in [6.07, 6.45) is -7.06. The molecule has 8 unspecified atom stereocenters. The molecule has 0 saturated carbocycles. The summed E-state index contributed by atoms with van der Waals surface area (Å²) in [5, 5.41) is 75.8. The quantitative estimate of drug-likeness (QED) is 0.187. The smallest absolute Gasteiger partial charge is 0.185 e. The van der Waals surface area contributed by atoms with E-state index in [-0.39, 0.29) is 31.4 Å². The van der Waals surface area contributed by atoms with Gasteiger partial charge in [0.2, 0.25) is 0 Å². The molecule has 4 rings (SSSR count). The van der Waals surface area contributed by atoms with Gasteiger partial charge in [0.25, 0.3) is 0 Å². The number of methoxy groups -OCH3 is 1. The van der Waals surface area contributed by atoms with Crippen LogP contribution in [-0.2, 0) is 39.8 Å². The average Bonchev–Trinajstić information content (AvgIpc) is 3.18. The van der Waals surface area contributed by atoms with E-state index in [0.717, 1.165) is 5.56 Å². The molecule has 3 aliphatic rings. The van der Waals surface area contributed by atoms with Crippen LogP contribution >= 0.6 is 0 Å². The van der Waals surface area contributed by atoms with Gasteiger partial charge in [-0.25, -0.2) is 0 Å². The molecule has 3 fully saturated rings. The topological polar surface area (TPSA) is 214 Å². The summed E-state index contributed by atoms with van der Waals surface area (Å²) < 4.78 is 38.3. The fourth-order valence-corrected chi connectivity index (χ4v) is 9.65. The van der Waals surface area contributed by atoms with Gasteiger partial charge in [0, 0.05) is 62.2 Å². The maximum absolute atomic E-state index is 12.8. The third kappa shape index (κ3) is 11.4. The number of likely N-dealkylation sites (N-methyl/N-ethyl adjacent to an activating group) is 1. The first-order valence-corrected chi connectivity index (χ1v) is 21.2. The van der Waals surface area contributed by atoms with E-state index in [4.69, 9.17) is 33.3 Å². The number of pyridine rings is 1. The van der Waals surface area contributed by atoms with Crippen molar-refractivity contribution in [3.8, 4) is 0 Å². The van der Waals surface area contributed by atoms with Gasteiger partial charge in [0.15, 0.2) is 18.9 Å². The van der Waals surface area contributed by atoms with Crippen LogP contribution in [0.2, 0.25) is 0 Å². The molecule has 0 aromatic carbocycles. The van der Waals surface area contributed by atoms with Gasteiger partial charge in [0.05, 0.1) is 53.5 Å². The van der Waals surface area contributed by atoms with Gasteiger partial charge in [-0.3, -0.25) is 9.88 Å². The monoisotopic (exact) mass is 842 g/mol. The number of hydrogen-bond acceptors (Lipinski definition) is 16. The molecule has 16 nitrogen and oxygen atoms in total. The van der Waals surface area contributed by atoms with Crippen LogP contribution < -0.4 is 0 Å². The number of ether oxygens (including phenoxy) is 6. The minimum Gasteiger partial charge on any atom is -0.399 e. The fraction of sp³-hybridized carbons (Fsp3) is 0.860. The van der Waals surface area contributed by atoms with Crippen LogP contribution in [0.25, 0.3) is 0 Å². The van der Waals surface area contributed by atoms with Crippen LogP contribution in [0.1, 0.15) is 100 Å². The zero-order chi connectivity index (χ0) is 44.2.